The summed E-state index contributed by atoms with van der Waals surface area (Å²) < 4.78 is 50.1. The molecule has 27 heavy (non-hydrogen) atoms. The van der Waals surface area contributed by atoms with Crippen LogP contribution in [0.15, 0.2) is 24.4 Å². The van der Waals surface area contributed by atoms with Gasteiger partial charge in [-0.05, 0) is 11.6 Å². The number of nitrogens with zero attached hydrogens (tertiary/aromatic N) is 4. The molecule has 0 radical (unpaired) electrons. The van der Waals surface area contributed by atoms with Gasteiger partial charge in [-0.15, -0.1) is 0 Å². The van der Waals surface area contributed by atoms with Crippen molar-refractivity contribution >= 4 is 11.8 Å². The molecule has 3 heterocycles. The number of halogens is 3. The summed E-state index contributed by atoms with van der Waals surface area (Å²) in [7, 11) is 3.23. The summed E-state index contributed by atoms with van der Waals surface area (Å²) in [5.41, 5.74) is -0.213. The molecular formula is C17H20F3N5O2. The van der Waals surface area contributed by atoms with E-state index < -0.39 is 11.9 Å². The minimum absolute atomic E-state index is 0.0323. The number of rotatable bonds is 6. The summed E-state index contributed by atoms with van der Waals surface area (Å²) in [4.78, 5) is 13.3. The Morgan fingerprint density at radius 3 is 2.78 bits per heavy atom. The molecule has 1 unspecified atom stereocenters. The fourth-order valence-corrected chi connectivity index (χ4v) is 2.47. The zero-order valence-corrected chi connectivity index (χ0v) is 15.0. The fraction of sp³-hybridized carbons (Fsp3) is 0.471. The number of hydrogen-bond acceptors (Lipinski definition) is 7. The Balaban J connectivity index is 1.71. The van der Waals surface area contributed by atoms with Crippen LogP contribution in [0.3, 0.4) is 0 Å². The van der Waals surface area contributed by atoms with Gasteiger partial charge in [-0.25, -0.2) is 9.97 Å². The normalized spacial score (nSPS) is 17.0. The van der Waals surface area contributed by atoms with Gasteiger partial charge in [0.25, 0.3) is 0 Å². The summed E-state index contributed by atoms with van der Waals surface area (Å²) in [6.07, 6.45) is -2.20. The SMILES string of the molecule is CN(C)c1cc(C(F)(F)F)nc(NCc2ccnc(OC3CCOC3)c2)n1. The maximum absolute atomic E-state index is 13.0. The van der Waals surface area contributed by atoms with E-state index in [2.05, 4.69) is 20.3 Å². The topological polar surface area (TPSA) is 72.4 Å². The van der Waals surface area contributed by atoms with Crippen LogP contribution in [0.2, 0.25) is 0 Å². The lowest BCUT2D eigenvalue weighted by Crippen LogP contribution is -2.18. The quantitative estimate of drug-likeness (QED) is 0.822. The molecule has 1 fully saturated rings. The molecule has 3 rings (SSSR count). The van der Waals surface area contributed by atoms with Crippen molar-refractivity contribution in [1.29, 1.82) is 0 Å². The number of hydrogen-bond donors (Lipinski definition) is 1. The highest BCUT2D eigenvalue weighted by Crippen LogP contribution is 2.30. The van der Waals surface area contributed by atoms with Crippen LogP contribution >= 0.6 is 0 Å². The van der Waals surface area contributed by atoms with Gasteiger partial charge in [0, 0.05) is 45.4 Å². The second kappa shape index (κ2) is 7.95. The maximum atomic E-state index is 13.0. The van der Waals surface area contributed by atoms with Crippen molar-refractivity contribution in [2.45, 2.75) is 25.2 Å². The van der Waals surface area contributed by atoms with Gasteiger partial charge in [-0.2, -0.15) is 18.2 Å². The summed E-state index contributed by atoms with van der Waals surface area (Å²) in [6.45, 7) is 1.41. The van der Waals surface area contributed by atoms with Crippen LogP contribution in [0.1, 0.15) is 17.7 Å². The van der Waals surface area contributed by atoms with E-state index in [0.29, 0.717) is 19.1 Å². The Bertz CT molecular complexity index is 779. The van der Waals surface area contributed by atoms with E-state index in [1.807, 2.05) is 0 Å². The summed E-state index contributed by atoms with van der Waals surface area (Å²) in [5.74, 6) is 0.514. The molecular weight excluding hydrogens is 363 g/mol. The number of alkyl halides is 3. The van der Waals surface area contributed by atoms with E-state index in [-0.39, 0.29) is 24.4 Å². The molecule has 0 bridgehead atoms. The Labute approximate surface area is 154 Å². The molecule has 0 amide bonds. The van der Waals surface area contributed by atoms with E-state index in [1.165, 1.54) is 4.90 Å². The summed E-state index contributed by atoms with van der Waals surface area (Å²) >= 11 is 0. The Morgan fingerprint density at radius 1 is 1.30 bits per heavy atom. The molecule has 2 aromatic rings. The van der Waals surface area contributed by atoms with Gasteiger partial charge in [0.15, 0.2) is 5.69 Å². The van der Waals surface area contributed by atoms with Crippen LogP contribution < -0.4 is 15.0 Å². The lowest BCUT2D eigenvalue weighted by molar-refractivity contribution is -0.141. The first-order chi connectivity index (χ1) is 12.8. The standard InChI is InChI=1S/C17H20F3N5O2/c1-25(2)14-8-13(17(18,19)20)23-16(24-14)22-9-11-3-5-21-15(7-11)27-12-4-6-26-10-12/h3,5,7-8,12H,4,6,9-10H2,1-2H3,(H,22,23,24). The maximum Gasteiger partial charge on any atom is 0.433 e. The smallest absolute Gasteiger partial charge is 0.433 e. The van der Waals surface area contributed by atoms with Crippen molar-refractivity contribution < 1.29 is 22.6 Å². The minimum Gasteiger partial charge on any atom is -0.472 e. The van der Waals surface area contributed by atoms with Gasteiger partial charge in [-0.3, -0.25) is 0 Å². The first-order valence-electron chi connectivity index (χ1n) is 8.38. The van der Waals surface area contributed by atoms with Crippen molar-refractivity contribution in [3.63, 3.8) is 0 Å². The largest absolute Gasteiger partial charge is 0.472 e. The molecule has 1 atom stereocenters. The molecule has 0 saturated carbocycles. The molecule has 146 valence electrons. The highest BCUT2D eigenvalue weighted by Gasteiger charge is 2.34. The Morgan fingerprint density at radius 2 is 2.11 bits per heavy atom. The molecule has 1 N–H and O–H groups in total. The third-order valence-electron chi connectivity index (χ3n) is 3.89. The van der Waals surface area contributed by atoms with Crippen LogP contribution in [0.4, 0.5) is 24.9 Å². The van der Waals surface area contributed by atoms with Gasteiger partial charge in [-0.1, -0.05) is 0 Å². The molecule has 2 aromatic heterocycles. The van der Waals surface area contributed by atoms with E-state index >= 15 is 0 Å². The molecule has 0 aromatic carbocycles. The molecule has 1 aliphatic heterocycles. The summed E-state index contributed by atoms with van der Waals surface area (Å²) in [6, 6.07) is 4.38. The van der Waals surface area contributed by atoms with Crippen molar-refractivity contribution in [3.05, 3.63) is 35.7 Å². The first-order valence-corrected chi connectivity index (χ1v) is 8.38. The molecule has 10 heteroatoms. The van der Waals surface area contributed by atoms with Crippen molar-refractivity contribution in [1.82, 2.24) is 15.0 Å². The number of anilines is 2. The predicted molar refractivity (Wildman–Crippen MR) is 92.8 cm³/mol. The number of nitrogens with one attached hydrogen (secondary N) is 1. The zero-order chi connectivity index (χ0) is 19.4. The van der Waals surface area contributed by atoms with Gasteiger partial charge >= 0.3 is 6.18 Å². The molecule has 1 saturated heterocycles. The number of pyridine rings is 1. The van der Waals surface area contributed by atoms with E-state index in [4.69, 9.17) is 9.47 Å². The van der Waals surface area contributed by atoms with Crippen LogP contribution in [0, 0.1) is 0 Å². The predicted octanol–water partition coefficient (Wildman–Crippen LogP) is 2.74. The van der Waals surface area contributed by atoms with Crippen molar-refractivity contribution in [2.24, 2.45) is 0 Å². The third kappa shape index (κ3) is 5.19. The van der Waals surface area contributed by atoms with E-state index in [1.54, 1.807) is 32.4 Å². The number of ether oxygens (including phenoxy) is 2. The first kappa shape index (κ1) is 19.2. The van der Waals surface area contributed by atoms with Gasteiger partial charge in [0.1, 0.15) is 11.9 Å². The van der Waals surface area contributed by atoms with Crippen LogP contribution in [-0.2, 0) is 17.5 Å². The molecule has 7 nitrogen and oxygen atoms in total. The lowest BCUT2D eigenvalue weighted by atomic mass is 10.2. The highest BCUT2D eigenvalue weighted by atomic mass is 19.4. The average molecular weight is 383 g/mol. The summed E-state index contributed by atoms with van der Waals surface area (Å²) in [5, 5.41) is 2.83. The van der Waals surface area contributed by atoms with Crippen LogP contribution in [0.5, 0.6) is 5.88 Å². The molecule has 0 aliphatic carbocycles. The van der Waals surface area contributed by atoms with Crippen LogP contribution in [-0.4, -0.2) is 48.4 Å². The van der Waals surface area contributed by atoms with Gasteiger partial charge in [0.2, 0.25) is 11.8 Å². The van der Waals surface area contributed by atoms with E-state index in [9.17, 15) is 13.2 Å². The second-order valence-corrected chi connectivity index (χ2v) is 6.29. The molecule has 0 spiro atoms. The van der Waals surface area contributed by atoms with Gasteiger partial charge in [0.05, 0.1) is 13.2 Å². The zero-order valence-electron chi connectivity index (χ0n) is 15.0. The van der Waals surface area contributed by atoms with Crippen LogP contribution in [0.25, 0.3) is 0 Å². The number of aromatic nitrogens is 3. The van der Waals surface area contributed by atoms with Crippen molar-refractivity contribution in [3.8, 4) is 5.88 Å². The minimum atomic E-state index is -4.55. The molecule has 1 aliphatic rings. The fourth-order valence-electron chi connectivity index (χ4n) is 2.47. The third-order valence-corrected chi connectivity index (χ3v) is 3.89. The Hall–Kier alpha value is -2.62. The second-order valence-electron chi connectivity index (χ2n) is 6.29. The van der Waals surface area contributed by atoms with Gasteiger partial charge < -0.3 is 19.7 Å². The Kier molecular flexibility index (Phi) is 5.64. The lowest BCUT2D eigenvalue weighted by Gasteiger charge is -2.16. The van der Waals surface area contributed by atoms with Crippen molar-refractivity contribution in [2.75, 3.05) is 37.5 Å². The highest BCUT2D eigenvalue weighted by molar-refractivity contribution is 5.44. The monoisotopic (exact) mass is 383 g/mol. The average Bonchev–Trinajstić information content (AvgIpc) is 3.12. The van der Waals surface area contributed by atoms with E-state index in [0.717, 1.165) is 18.1 Å².